The third-order valence-electron chi connectivity index (χ3n) is 5.41. The Morgan fingerprint density at radius 2 is 1.96 bits per heavy atom. The highest BCUT2D eigenvalue weighted by Gasteiger charge is 2.41. The van der Waals surface area contributed by atoms with E-state index in [4.69, 9.17) is 4.74 Å². The van der Waals surface area contributed by atoms with Crippen LogP contribution in [0.5, 0.6) is 5.75 Å². The van der Waals surface area contributed by atoms with E-state index in [1.165, 1.54) is 5.56 Å². The van der Waals surface area contributed by atoms with Gasteiger partial charge in [0.05, 0.1) is 13.1 Å². The molecule has 1 aromatic carbocycles. The van der Waals surface area contributed by atoms with Gasteiger partial charge in [-0.15, -0.1) is 0 Å². The van der Waals surface area contributed by atoms with Gasteiger partial charge in [0.15, 0.2) is 0 Å². The van der Waals surface area contributed by atoms with Crippen LogP contribution in [0.3, 0.4) is 0 Å². The number of amides is 2. The maximum absolute atomic E-state index is 12.2. The summed E-state index contributed by atoms with van der Waals surface area (Å²) in [6.45, 7) is 10.8. The van der Waals surface area contributed by atoms with Gasteiger partial charge in [0.2, 0.25) is 11.8 Å². The number of aryl methyl sites for hydroxylation is 1. The molecule has 1 N–H and O–H groups in total. The molecule has 1 aromatic rings. The molecule has 6 nitrogen and oxygen atoms in total. The lowest BCUT2D eigenvalue weighted by atomic mass is 9.90. The van der Waals surface area contributed by atoms with Crippen LogP contribution in [-0.4, -0.2) is 59.4 Å². The second kappa shape index (κ2) is 7.89. The van der Waals surface area contributed by atoms with Crippen LogP contribution < -0.4 is 10.1 Å². The monoisotopic (exact) mass is 373 g/mol. The van der Waals surface area contributed by atoms with E-state index < -0.39 is 0 Å². The lowest BCUT2D eigenvalue weighted by Crippen LogP contribution is -2.55. The van der Waals surface area contributed by atoms with Crippen molar-refractivity contribution in [2.75, 3.05) is 26.2 Å². The van der Waals surface area contributed by atoms with Crippen molar-refractivity contribution in [2.24, 2.45) is 0 Å². The van der Waals surface area contributed by atoms with Crippen LogP contribution in [0.15, 0.2) is 18.2 Å². The molecule has 1 spiro atoms. The zero-order valence-corrected chi connectivity index (χ0v) is 16.9. The lowest BCUT2D eigenvalue weighted by Gasteiger charge is -2.42. The van der Waals surface area contributed by atoms with Gasteiger partial charge in [-0.1, -0.05) is 17.7 Å². The Kier molecular flexibility index (Phi) is 5.75. The number of benzene rings is 1. The van der Waals surface area contributed by atoms with E-state index in [1.807, 2.05) is 24.8 Å². The van der Waals surface area contributed by atoms with Crippen LogP contribution in [0, 0.1) is 6.92 Å². The summed E-state index contributed by atoms with van der Waals surface area (Å²) in [6, 6.07) is 6.35. The molecule has 2 aliphatic rings. The van der Waals surface area contributed by atoms with Crippen LogP contribution >= 0.6 is 0 Å². The number of nitrogens with one attached hydrogen (secondary N) is 1. The summed E-state index contributed by atoms with van der Waals surface area (Å²) in [5.74, 6) is 1.02. The number of carbonyl (C=O) groups excluding carboxylic acids is 2. The van der Waals surface area contributed by atoms with E-state index in [2.05, 4.69) is 29.3 Å². The number of hydrogen-bond acceptors (Lipinski definition) is 4. The van der Waals surface area contributed by atoms with Gasteiger partial charge in [0.25, 0.3) is 0 Å². The Labute approximate surface area is 161 Å². The van der Waals surface area contributed by atoms with Gasteiger partial charge in [0.1, 0.15) is 11.4 Å². The van der Waals surface area contributed by atoms with Crippen LogP contribution in [0.1, 0.15) is 44.7 Å². The standard InChI is InChI=1S/C21H31N3O3/c1-15(2)22-20(26)13-23-9-7-21(8-10-23)14-24(17(4)25)12-18-11-16(3)5-6-19(18)27-21/h5-6,11,15H,7-10,12-14H2,1-4H3,(H,22,26). The molecular formula is C21H31N3O3. The molecule has 0 atom stereocenters. The summed E-state index contributed by atoms with van der Waals surface area (Å²) in [7, 11) is 0. The first-order valence-corrected chi connectivity index (χ1v) is 9.82. The van der Waals surface area contributed by atoms with Crippen molar-refractivity contribution in [3.63, 3.8) is 0 Å². The summed E-state index contributed by atoms with van der Waals surface area (Å²) in [5.41, 5.74) is 1.86. The molecule has 0 unspecified atom stereocenters. The van der Waals surface area contributed by atoms with Gasteiger partial charge in [-0.25, -0.2) is 0 Å². The summed E-state index contributed by atoms with van der Waals surface area (Å²) >= 11 is 0. The number of piperidine rings is 1. The number of rotatable bonds is 3. The Morgan fingerprint density at radius 1 is 1.26 bits per heavy atom. The topological polar surface area (TPSA) is 61.9 Å². The first-order valence-electron chi connectivity index (χ1n) is 9.82. The number of carbonyl (C=O) groups is 2. The van der Waals surface area contributed by atoms with Crippen molar-refractivity contribution in [3.05, 3.63) is 29.3 Å². The molecule has 148 valence electrons. The second-order valence-corrected chi connectivity index (χ2v) is 8.27. The average molecular weight is 373 g/mol. The number of fused-ring (bicyclic) bond motifs is 1. The molecule has 27 heavy (non-hydrogen) atoms. The minimum absolute atomic E-state index is 0.0638. The van der Waals surface area contributed by atoms with Crippen molar-refractivity contribution in [2.45, 2.75) is 58.7 Å². The molecule has 6 heteroatoms. The SMILES string of the molecule is CC(=O)N1Cc2cc(C)ccc2OC2(CCN(CC(=O)NC(C)C)CC2)C1. The van der Waals surface area contributed by atoms with Crippen LogP contribution in [0.4, 0.5) is 0 Å². The highest BCUT2D eigenvalue weighted by Crippen LogP contribution is 2.36. The van der Waals surface area contributed by atoms with Crippen molar-refractivity contribution in [3.8, 4) is 5.75 Å². The van der Waals surface area contributed by atoms with E-state index in [-0.39, 0.29) is 23.5 Å². The molecule has 2 amide bonds. The van der Waals surface area contributed by atoms with Crippen molar-refractivity contribution >= 4 is 11.8 Å². The molecule has 1 fully saturated rings. The Bertz CT molecular complexity index is 709. The minimum atomic E-state index is -0.378. The highest BCUT2D eigenvalue weighted by molar-refractivity contribution is 5.78. The molecule has 0 aromatic heterocycles. The Hall–Kier alpha value is -2.08. The molecule has 2 aliphatic heterocycles. The fourth-order valence-electron chi connectivity index (χ4n) is 3.98. The Morgan fingerprint density at radius 3 is 2.59 bits per heavy atom. The van der Waals surface area contributed by atoms with Crippen LogP contribution in [0.2, 0.25) is 0 Å². The number of nitrogens with zero attached hydrogens (tertiary/aromatic N) is 2. The van der Waals surface area contributed by atoms with Gasteiger partial charge in [-0.2, -0.15) is 0 Å². The van der Waals surface area contributed by atoms with Gasteiger partial charge in [-0.3, -0.25) is 14.5 Å². The van der Waals surface area contributed by atoms with Gasteiger partial charge >= 0.3 is 0 Å². The van der Waals surface area contributed by atoms with Gasteiger partial charge in [-0.05, 0) is 26.8 Å². The molecular weight excluding hydrogens is 342 g/mol. The van der Waals surface area contributed by atoms with Crippen LogP contribution in [0.25, 0.3) is 0 Å². The molecule has 0 bridgehead atoms. The zero-order chi connectivity index (χ0) is 19.6. The largest absolute Gasteiger partial charge is 0.485 e. The fourth-order valence-corrected chi connectivity index (χ4v) is 3.98. The normalized spacial score (nSPS) is 19.4. The maximum Gasteiger partial charge on any atom is 0.234 e. The van der Waals surface area contributed by atoms with Crippen molar-refractivity contribution in [1.29, 1.82) is 0 Å². The highest BCUT2D eigenvalue weighted by atomic mass is 16.5. The predicted molar refractivity (Wildman–Crippen MR) is 105 cm³/mol. The Balaban J connectivity index is 1.72. The van der Waals surface area contributed by atoms with Gasteiger partial charge < -0.3 is 15.0 Å². The van der Waals surface area contributed by atoms with E-state index in [0.717, 1.165) is 37.2 Å². The maximum atomic E-state index is 12.2. The van der Waals surface area contributed by atoms with E-state index in [0.29, 0.717) is 19.6 Å². The zero-order valence-electron chi connectivity index (χ0n) is 16.9. The predicted octanol–water partition coefficient (Wildman–Crippen LogP) is 2.10. The molecule has 2 heterocycles. The van der Waals surface area contributed by atoms with Crippen LogP contribution in [-0.2, 0) is 16.1 Å². The average Bonchev–Trinajstić information content (AvgIpc) is 2.73. The summed E-state index contributed by atoms with van der Waals surface area (Å²) < 4.78 is 6.52. The number of likely N-dealkylation sites (tertiary alicyclic amines) is 1. The van der Waals surface area contributed by atoms with Crippen molar-refractivity contribution < 1.29 is 14.3 Å². The summed E-state index contributed by atoms with van der Waals surface area (Å²) in [4.78, 5) is 28.3. The van der Waals surface area contributed by atoms with E-state index in [1.54, 1.807) is 6.92 Å². The molecule has 1 saturated heterocycles. The van der Waals surface area contributed by atoms with Gasteiger partial charge in [0, 0.05) is 51.0 Å². The molecule has 0 saturated carbocycles. The third-order valence-corrected chi connectivity index (χ3v) is 5.41. The fraction of sp³-hybridized carbons (Fsp3) is 0.619. The van der Waals surface area contributed by atoms with Crippen molar-refractivity contribution in [1.82, 2.24) is 15.1 Å². The minimum Gasteiger partial charge on any atom is -0.485 e. The quantitative estimate of drug-likeness (QED) is 0.881. The van der Waals surface area contributed by atoms with E-state index in [9.17, 15) is 9.59 Å². The summed E-state index contributed by atoms with van der Waals surface area (Å²) in [5, 5.41) is 2.95. The smallest absolute Gasteiger partial charge is 0.234 e. The number of ether oxygens (including phenoxy) is 1. The third kappa shape index (κ3) is 4.80. The lowest BCUT2D eigenvalue weighted by molar-refractivity contribution is -0.133. The first kappa shape index (κ1) is 19.7. The molecule has 3 rings (SSSR count). The second-order valence-electron chi connectivity index (χ2n) is 8.27. The first-order chi connectivity index (χ1) is 12.8. The molecule has 0 radical (unpaired) electrons. The summed E-state index contributed by atoms with van der Waals surface area (Å²) in [6.07, 6.45) is 1.61. The number of hydrogen-bond donors (Lipinski definition) is 1. The van der Waals surface area contributed by atoms with E-state index >= 15 is 0 Å². The molecule has 0 aliphatic carbocycles.